The van der Waals surface area contributed by atoms with Gasteiger partial charge in [-0.3, -0.25) is 4.57 Å². The summed E-state index contributed by atoms with van der Waals surface area (Å²) in [5.74, 6) is 0.815. The lowest BCUT2D eigenvalue weighted by Crippen LogP contribution is -1.99. The van der Waals surface area contributed by atoms with E-state index in [-0.39, 0.29) is 5.75 Å². The summed E-state index contributed by atoms with van der Waals surface area (Å²) in [6.45, 7) is 0. The molecule has 1 heterocycles. The molecule has 1 aromatic heterocycles. The van der Waals surface area contributed by atoms with Gasteiger partial charge < -0.3 is 5.11 Å². The molecule has 0 spiro atoms. The van der Waals surface area contributed by atoms with Crippen LogP contribution >= 0.6 is 27.7 Å². The van der Waals surface area contributed by atoms with Gasteiger partial charge in [0, 0.05) is 10.2 Å². The maximum Gasteiger partial charge on any atom is 0.195 e. The maximum absolute atomic E-state index is 10.1. The van der Waals surface area contributed by atoms with Crippen LogP contribution in [0.5, 0.6) is 5.75 Å². The van der Waals surface area contributed by atoms with E-state index in [0.29, 0.717) is 11.4 Å². The Bertz CT molecular complexity index is 771. The number of hydrogen-bond donors (Lipinski definition) is 1. The van der Waals surface area contributed by atoms with E-state index in [1.807, 2.05) is 47.2 Å². The van der Waals surface area contributed by atoms with Crippen LogP contribution in [0.2, 0.25) is 0 Å². The lowest BCUT2D eigenvalue weighted by atomic mass is 10.2. The van der Waals surface area contributed by atoms with Crippen LogP contribution in [-0.4, -0.2) is 26.1 Å². The lowest BCUT2D eigenvalue weighted by Gasteiger charge is -2.10. The number of halogens is 1. The molecule has 0 fully saturated rings. The van der Waals surface area contributed by atoms with Crippen LogP contribution in [0.15, 0.2) is 58.2 Å². The van der Waals surface area contributed by atoms with E-state index in [1.54, 1.807) is 12.1 Å². The molecule has 6 heteroatoms. The first kappa shape index (κ1) is 14.2. The van der Waals surface area contributed by atoms with Gasteiger partial charge in [-0.15, -0.1) is 10.2 Å². The van der Waals surface area contributed by atoms with E-state index < -0.39 is 0 Å². The zero-order valence-electron chi connectivity index (χ0n) is 11.2. The van der Waals surface area contributed by atoms with Gasteiger partial charge in [0.05, 0.1) is 5.56 Å². The first-order valence-corrected chi connectivity index (χ1v) is 8.26. The van der Waals surface area contributed by atoms with Crippen molar-refractivity contribution in [2.24, 2.45) is 0 Å². The van der Waals surface area contributed by atoms with E-state index in [1.165, 1.54) is 11.8 Å². The molecule has 0 aliphatic rings. The first-order chi connectivity index (χ1) is 10.2. The van der Waals surface area contributed by atoms with Gasteiger partial charge >= 0.3 is 0 Å². The Morgan fingerprint density at radius 3 is 2.43 bits per heavy atom. The fourth-order valence-corrected chi connectivity index (χ4v) is 2.82. The van der Waals surface area contributed by atoms with Crippen LogP contribution in [0.3, 0.4) is 0 Å². The second-order valence-electron chi connectivity index (χ2n) is 4.34. The van der Waals surface area contributed by atoms with Crippen LogP contribution < -0.4 is 0 Å². The summed E-state index contributed by atoms with van der Waals surface area (Å²) in [4.78, 5) is 0. The molecule has 0 saturated heterocycles. The number of thioether (sulfide) groups is 1. The maximum atomic E-state index is 10.1. The second kappa shape index (κ2) is 5.91. The zero-order valence-corrected chi connectivity index (χ0v) is 13.6. The highest BCUT2D eigenvalue weighted by atomic mass is 79.9. The number of hydrogen-bond acceptors (Lipinski definition) is 4. The third kappa shape index (κ3) is 2.69. The summed E-state index contributed by atoms with van der Waals surface area (Å²) in [7, 11) is 0. The van der Waals surface area contributed by atoms with E-state index in [2.05, 4.69) is 26.1 Å². The number of benzene rings is 2. The molecule has 0 bridgehead atoms. The van der Waals surface area contributed by atoms with Crippen molar-refractivity contribution < 1.29 is 5.11 Å². The molecule has 106 valence electrons. The largest absolute Gasteiger partial charge is 0.507 e. The molecule has 0 radical (unpaired) electrons. The average molecular weight is 362 g/mol. The molecule has 1 N–H and O–H groups in total. The van der Waals surface area contributed by atoms with Crippen molar-refractivity contribution >= 4 is 27.7 Å². The van der Waals surface area contributed by atoms with Crippen LogP contribution in [0.4, 0.5) is 0 Å². The minimum Gasteiger partial charge on any atom is -0.507 e. The molecule has 0 unspecified atom stereocenters. The Labute approximate surface area is 135 Å². The summed E-state index contributed by atoms with van der Waals surface area (Å²) in [6.07, 6.45) is 1.95. The van der Waals surface area contributed by atoms with Crippen molar-refractivity contribution in [2.45, 2.75) is 5.16 Å². The molecule has 0 aliphatic carbocycles. The number of para-hydroxylation sites is 1. The molecule has 2 aromatic carbocycles. The van der Waals surface area contributed by atoms with Crippen LogP contribution in [-0.2, 0) is 0 Å². The number of rotatable bonds is 3. The number of aromatic nitrogens is 3. The van der Waals surface area contributed by atoms with Gasteiger partial charge in [0.1, 0.15) is 5.75 Å². The Morgan fingerprint density at radius 1 is 1.05 bits per heavy atom. The van der Waals surface area contributed by atoms with Crippen molar-refractivity contribution in [1.82, 2.24) is 14.8 Å². The second-order valence-corrected chi connectivity index (χ2v) is 6.03. The smallest absolute Gasteiger partial charge is 0.195 e. The quantitative estimate of drug-likeness (QED) is 0.712. The van der Waals surface area contributed by atoms with E-state index in [4.69, 9.17) is 0 Å². The zero-order chi connectivity index (χ0) is 14.8. The standard InChI is InChI=1S/C15H12BrN3OS/c1-21-15-18-17-14(12-4-2-3-5-13(12)20)19(15)11-8-6-10(16)7-9-11/h2-9,20H,1H3. The predicted molar refractivity (Wildman–Crippen MR) is 87.9 cm³/mol. The van der Waals surface area contributed by atoms with Crippen LogP contribution in [0.25, 0.3) is 17.1 Å². The van der Waals surface area contributed by atoms with Crippen molar-refractivity contribution in [3.05, 3.63) is 53.0 Å². The molecule has 3 rings (SSSR count). The molecule has 0 aliphatic heterocycles. The summed E-state index contributed by atoms with van der Waals surface area (Å²) in [5, 5.41) is 19.3. The van der Waals surface area contributed by atoms with E-state index in [9.17, 15) is 5.11 Å². The van der Waals surface area contributed by atoms with E-state index in [0.717, 1.165) is 15.3 Å². The number of nitrogens with zero attached hydrogens (tertiary/aromatic N) is 3. The predicted octanol–water partition coefficient (Wildman–Crippen LogP) is 4.12. The highest BCUT2D eigenvalue weighted by molar-refractivity contribution is 9.10. The molecule has 0 saturated carbocycles. The first-order valence-electron chi connectivity index (χ1n) is 6.24. The third-order valence-electron chi connectivity index (χ3n) is 3.05. The van der Waals surface area contributed by atoms with Crippen molar-refractivity contribution in [1.29, 1.82) is 0 Å². The normalized spacial score (nSPS) is 10.8. The summed E-state index contributed by atoms with van der Waals surface area (Å²) in [5.41, 5.74) is 1.61. The van der Waals surface area contributed by atoms with Crippen molar-refractivity contribution in [2.75, 3.05) is 6.26 Å². The molecule has 4 nitrogen and oxygen atoms in total. The molecular weight excluding hydrogens is 350 g/mol. The van der Waals surface area contributed by atoms with Gasteiger partial charge in [0.15, 0.2) is 11.0 Å². The highest BCUT2D eigenvalue weighted by Gasteiger charge is 2.17. The highest BCUT2D eigenvalue weighted by Crippen LogP contribution is 2.32. The molecule has 0 amide bonds. The Balaban J connectivity index is 2.22. The van der Waals surface area contributed by atoms with Crippen molar-refractivity contribution in [3.8, 4) is 22.8 Å². The Morgan fingerprint density at radius 2 is 1.76 bits per heavy atom. The monoisotopic (exact) mass is 361 g/mol. The Hall–Kier alpha value is -1.79. The van der Waals surface area contributed by atoms with Gasteiger partial charge in [0.25, 0.3) is 0 Å². The number of phenols is 1. The van der Waals surface area contributed by atoms with Gasteiger partial charge in [-0.25, -0.2) is 0 Å². The summed E-state index contributed by atoms with van der Waals surface area (Å²) in [6, 6.07) is 15.0. The molecule has 3 aromatic rings. The van der Waals surface area contributed by atoms with Gasteiger partial charge in [-0.1, -0.05) is 39.8 Å². The fourth-order valence-electron chi connectivity index (χ4n) is 2.06. The molecular formula is C15H12BrN3OS. The molecule has 0 atom stereocenters. The number of phenolic OH excluding ortho intramolecular Hbond substituents is 1. The van der Waals surface area contributed by atoms with Crippen molar-refractivity contribution in [3.63, 3.8) is 0 Å². The SMILES string of the molecule is CSc1nnc(-c2ccccc2O)n1-c1ccc(Br)cc1. The average Bonchev–Trinajstić information content (AvgIpc) is 2.92. The Kier molecular flexibility index (Phi) is 3.98. The molecule has 21 heavy (non-hydrogen) atoms. The third-order valence-corrected chi connectivity index (χ3v) is 4.20. The van der Waals surface area contributed by atoms with E-state index >= 15 is 0 Å². The van der Waals surface area contributed by atoms with Gasteiger partial charge in [-0.05, 0) is 42.7 Å². The minimum atomic E-state index is 0.191. The van der Waals surface area contributed by atoms with Crippen LogP contribution in [0.1, 0.15) is 0 Å². The number of aromatic hydroxyl groups is 1. The van der Waals surface area contributed by atoms with Crippen LogP contribution in [0, 0.1) is 0 Å². The van der Waals surface area contributed by atoms with Gasteiger partial charge in [-0.2, -0.15) is 0 Å². The fraction of sp³-hybridized carbons (Fsp3) is 0.0667. The topological polar surface area (TPSA) is 50.9 Å². The lowest BCUT2D eigenvalue weighted by molar-refractivity contribution is 0.476. The summed E-state index contributed by atoms with van der Waals surface area (Å²) < 4.78 is 2.95. The minimum absolute atomic E-state index is 0.191. The summed E-state index contributed by atoms with van der Waals surface area (Å²) >= 11 is 4.95. The van der Waals surface area contributed by atoms with Gasteiger partial charge in [0.2, 0.25) is 0 Å².